The summed E-state index contributed by atoms with van der Waals surface area (Å²) in [7, 11) is 1.56. The third kappa shape index (κ3) is 2.60. The van der Waals surface area contributed by atoms with Gasteiger partial charge in [0, 0.05) is 7.11 Å². The van der Waals surface area contributed by atoms with Crippen LogP contribution >= 0.6 is 0 Å². The molecule has 0 saturated heterocycles. The molecular weight excluding hydrogens is 92.1 g/mol. The van der Waals surface area contributed by atoms with Gasteiger partial charge in [0.1, 0.15) is 6.61 Å². The van der Waals surface area contributed by atoms with Crippen LogP contribution in [0.1, 0.15) is 13.3 Å². The van der Waals surface area contributed by atoms with Crippen LogP contribution in [0.25, 0.3) is 0 Å². The maximum absolute atomic E-state index is 9.97. The lowest BCUT2D eigenvalue weighted by Crippen LogP contribution is -2.12. The second-order valence-electron chi connectivity index (χ2n) is 1.43. The Morgan fingerprint density at radius 3 is 2.29 bits per heavy atom. The van der Waals surface area contributed by atoms with Crippen LogP contribution in [0.15, 0.2) is 0 Å². The van der Waals surface area contributed by atoms with Crippen molar-refractivity contribution in [1.82, 2.24) is 0 Å². The van der Waals surface area contributed by atoms with E-state index in [0.29, 0.717) is 0 Å². The van der Waals surface area contributed by atoms with Crippen molar-refractivity contribution in [3.05, 3.63) is 0 Å². The molecule has 0 N–H and O–H groups in total. The zero-order valence-corrected chi connectivity index (χ0v) is 4.81. The van der Waals surface area contributed by atoms with Gasteiger partial charge in [-0.3, -0.25) is 0 Å². The summed E-state index contributed by atoms with van der Waals surface area (Å²) >= 11 is 0. The van der Waals surface area contributed by atoms with Gasteiger partial charge in [-0.1, -0.05) is 6.92 Å². The lowest BCUT2D eigenvalue weighted by molar-refractivity contribution is 0.0186. The summed E-state index contributed by atoms with van der Waals surface area (Å²) in [5.74, 6) is 0. The smallest absolute Gasteiger partial charge is 0.108 e. The van der Waals surface area contributed by atoms with E-state index in [1.807, 2.05) is 6.92 Å². The minimum Gasteiger partial charge on any atom is -0.379 e. The average molecular weight is 103 g/mol. The van der Waals surface area contributed by atoms with Gasteiger partial charge >= 0.3 is 0 Å². The molecule has 0 aromatic heterocycles. The molecule has 0 amide bonds. The van der Waals surface area contributed by atoms with E-state index in [1.165, 1.54) is 0 Å². The van der Waals surface area contributed by atoms with E-state index in [9.17, 15) is 5.11 Å². The van der Waals surface area contributed by atoms with Crippen LogP contribution in [0.3, 0.4) is 0 Å². The summed E-state index contributed by atoms with van der Waals surface area (Å²) in [5.41, 5.74) is 0. The first kappa shape index (κ1) is 6.92. The van der Waals surface area contributed by atoms with E-state index in [0.717, 1.165) is 6.42 Å². The summed E-state index contributed by atoms with van der Waals surface area (Å²) in [6, 6.07) is 0. The molecule has 0 rings (SSSR count). The quantitative estimate of drug-likeness (QED) is 0.520. The molecule has 43 valence electrons. The summed E-state index contributed by atoms with van der Waals surface area (Å²) in [4.78, 5) is 0. The minimum absolute atomic E-state index is 0.0694. The normalized spacial score (nSPS) is 14.1. The number of ether oxygens (including phenoxy) is 1. The highest BCUT2D eigenvalue weighted by molar-refractivity contribution is 4.47. The van der Waals surface area contributed by atoms with Crippen LogP contribution in [0.4, 0.5) is 0 Å². The van der Waals surface area contributed by atoms with Gasteiger partial charge in [-0.25, -0.2) is 5.11 Å². The third-order valence-corrected chi connectivity index (χ3v) is 0.975. The molecule has 0 fully saturated rings. The Morgan fingerprint density at radius 1 is 1.71 bits per heavy atom. The fourth-order valence-electron chi connectivity index (χ4n) is 0.353. The van der Waals surface area contributed by atoms with Crippen molar-refractivity contribution in [2.45, 2.75) is 19.4 Å². The second kappa shape index (κ2) is 4.09. The van der Waals surface area contributed by atoms with Crippen molar-refractivity contribution >= 4 is 0 Å². The van der Waals surface area contributed by atoms with Gasteiger partial charge < -0.3 is 4.74 Å². The van der Waals surface area contributed by atoms with Gasteiger partial charge in [0.15, 0.2) is 0 Å². The Morgan fingerprint density at radius 2 is 2.29 bits per heavy atom. The Hall–Kier alpha value is -0.0800. The van der Waals surface area contributed by atoms with Crippen LogP contribution < -0.4 is 0 Å². The topological polar surface area (TPSA) is 29.1 Å². The Labute approximate surface area is 44.1 Å². The van der Waals surface area contributed by atoms with Gasteiger partial charge in [0.25, 0.3) is 0 Å². The molecule has 2 nitrogen and oxygen atoms in total. The van der Waals surface area contributed by atoms with Crippen molar-refractivity contribution in [3.63, 3.8) is 0 Å². The highest BCUT2D eigenvalue weighted by Crippen LogP contribution is 1.91. The lowest BCUT2D eigenvalue weighted by atomic mass is 10.3. The van der Waals surface area contributed by atoms with Gasteiger partial charge in [-0.2, -0.15) is 0 Å². The van der Waals surface area contributed by atoms with Crippen LogP contribution in [0, 0.1) is 0 Å². The third-order valence-electron chi connectivity index (χ3n) is 0.975. The van der Waals surface area contributed by atoms with E-state index >= 15 is 0 Å². The number of hydrogen-bond donors (Lipinski definition) is 0. The van der Waals surface area contributed by atoms with Gasteiger partial charge in [0.05, 0.1) is 6.10 Å². The molecule has 0 aromatic rings. The predicted octanol–water partition coefficient (Wildman–Crippen LogP) is 0.842. The maximum Gasteiger partial charge on any atom is 0.108 e. The SMILES string of the molecule is CCC(C[O])OC. The van der Waals surface area contributed by atoms with Gasteiger partial charge in [-0.15, -0.1) is 0 Å². The van der Waals surface area contributed by atoms with Gasteiger partial charge in [-0.05, 0) is 6.42 Å². The molecule has 0 aliphatic heterocycles. The molecule has 0 aliphatic carbocycles. The highest BCUT2D eigenvalue weighted by atomic mass is 16.5. The first-order valence-electron chi connectivity index (χ1n) is 2.46. The zero-order valence-electron chi connectivity index (χ0n) is 4.81. The van der Waals surface area contributed by atoms with Crippen LogP contribution in [0.5, 0.6) is 0 Å². The summed E-state index contributed by atoms with van der Waals surface area (Å²) < 4.78 is 4.74. The molecule has 0 aromatic carbocycles. The zero-order chi connectivity index (χ0) is 5.70. The summed E-state index contributed by atoms with van der Waals surface area (Å²) in [5, 5.41) is 9.97. The van der Waals surface area contributed by atoms with E-state index < -0.39 is 0 Å². The van der Waals surface area contributed by atoms with Crippen molar-refractivity contribution < 1.29 is 9.84 Å². The first-order valence-corrected chi connectivity index (χ1v) is 2.46. The molecule has 2 heteroatoms. The standard InChI is InChI=1S/C5H11O2/c1-3-5(4-6)7-2/h5H,3-4H2,1-2H3. The molecule has 0 aliphatic rings. The average Bonchev–Trinajstić information content (AvgIpc) is 1.72. The van der Waals surface area contributed by atoms with Crippen LogP contribution in [-0.2, 0) is 9.84 Å². The Bertz CT molecular complexity index is 27.6. The monoisotopic (exact) mass is 103 g/mol. The van der Waals surface area contributed by atoms with Crippen molar-refractivity contribution in [2.75, 3.05) is 13.7 Å². The maximum atomic E-state index is 9.97. The molecule has 1 radical (unpaired) electrons. The van der Waals surface area contributed by atoms with Gasteiger partial charge in [0.2, 0.25) is 0 Å². The molecule has 0 spiro atoms. The molecule has 0 bridgehead atoms. The Kier molecular flexibility index (Phi) is 4.04. The first-order chi connectivity index (χ1) is 3.35. The van der Waals surface area contributed by atoms with Crippen LogP contribution in [0.2, 0.25) is 0 Å². The predicted molar refractivity (Wildman–Crippen MR) is 26.6 cm³/mol. The van der Waals surface area contributed by atoms with Crippen molar-refractivity contribution in [2.24, 2.45) is 0 Å². The van der Waals surface area contributed by atoms with E-state index in [1.54, 1.807) is 7.11 Å². The van der Waals surface area contributed by atoms with E-state index in [4.69, 9.17) is 4.74 Å². The molecular formula is C5H11O2. The van der Waals surface area contributed by atoms with Crippen molar-refractivity contribution in [1.29, 1.82) is 0 Å². The fraction of sp³-hybridized carbons (Fsp3) is 1.00. The van der Waals surface area contributed by atoms with E-state index in [2.05, 4.69) is 0 Å². The molecule has 0 heterocycles. The fourth-order valence-corrected chi connectivity index (χ4v) is 0.353. The molecule has 1 unspecified atom stereocenters. The van der Waals surface area contributed by atoms with Crippen molar-refractivity contribution in [3.8, 4) is 0 Å². The van der Waals surface area contributed by atoms with Crippen LogP contribution in [-0.4, -0.2) is 19.8 Å². The van der Waals surface area contributed by atoms with E-state index in [-0.39, 0.29) is 12.7 Å². The highest BCUT2D eigenvalue weighted by Gasteiger charge is 1.99. The lowest BCUT2D eigenvalue weighted by Gasteiger charge is -2.04. The summed E-state index contributed by atoms with van der Waals surface area (Å²) in [6.07, 6.45) is 0.750. The molecule has 0 saturated carbocycles. The second-order valence-corrected chi connectivity index (χ2v) is 1.43. The Balaban J connectivity index is 2.99. The number of rotatable bonds is 3. The summed E-state index contributed by atoms with van der Waals surface area (Å²) in [6.45, 7) is 1.82. The molecule has 7 heavy (non-hydrogen) atoms. The molecule has 1 atom stereocenters. The largest absolute Gasteiger partial charge is 0.379 e. The number of hydrogen-bond acceptors (Lipinski definition) is 1. The minimum atomic E-state index is -0.118. The number of methoxy groups -OCH3 is 1.